The summed E-state index contributed by atoms with van der Waals surface area (Å²) in [5.41, 5.74) is 1.41. The van der Waals surface area contributed by atoms with E-state index in [9.17, 15) is 8.42 Å². The second-order valence-electron chi connectivity index (χ2n) is 5.06. The summed E-state index contributed by atoms with van der Waals surface area (Å²) in [6.07, 6.45) is 1.01. The molecule has 1 unspecified atom stereocenters. The number of nitrogens with zero attached hydrogens (tertiary/aromatic N) is 1. The molecule has 0 N–H and O–H groups in total. The van der Waals surface area contributed by atoms with Crippen LogP contribution < -0.4 is 4.18 Å². The Balaban J connectivity index is 2.23. The third-order valence-corrected chi connectivity index (χ3v) is 4.76. The minimum atomic E-state index is -3.94. The SMILES string of the molecule is CCC(C)c1ccc(OS(=O)(=O)c2cccc(C#N)c2)cc1. The molecule has 0 aromatic heterocycles. The lowest BCUT2D eigenvalue weighted by Gasteiger charge is -2.11. The van der Waals surface area contributed by atoms with Crippen LogP contribution in [0.3, 0.4) is 0 Å². The monoisotopic (exact) mass is 315 g/mol. The van der Waals surface area contributed by atoms with Crippen LogP contribution in [0.1, 0.15) is 37.3 Å². The second-order valence-corrected chi connectivity index (χ2v) is 6.60. The molecule has 2 rings (SSSR count). The number of hydrogen-bond acceptors (Lipinski definition) is 4. The first-order valence-electron chi connectivity index (χ1n) is 7.01. The molecule has 0 aliphatic rings. The molecule has 0 saturated heterocycles. The number of benzene rings is 2. The smallest absolute Gasteiger partial charge is 0.339 e. The van der Waals surface area contributed by atoms with Gasteiger partial charge in [-0.15, -0.1) is 0 Å². The van der Waals surface area contributed by atoms with E-state index in [4.69, 9.17) is 9.44 Å². The van der Waals surface area contributed by atoms with Crippen molar-refractivity contribution in [3.8, 4) is 11.8 Å². The third-order valence-electron chi connectivity index (χ3n) is 3.52. The van der Waals surface area contributed by atoms with Crippen molar-refractivity contribution in [2.24, 2.45) is 0 Å². The minimum absolute atomic E-state index is 0.0300. The van der Waals surface area contributed by atoms with E-state index in [2.05, 4.69) is 13.8 Å². The zero-order valence-electron chi connectivity index (χ0n) is 12.5. The van der Waals surface area contributed by atoms with E-state index >= 15 is 0 Å². The third kappa shape index (κ3) is 3.66. The Bertz CT molecular complexity index is 789. The molecule has 4 nitrogen and oxygen atoms in total. The predicted molar refractivity (Wildman–Crippen MR) is 84.1 cm³/mol. The van der Waals surface area contributed by atoms with Crippen LogP contribution in [0.4, 0.5) is 0 Å². The first-order valence-corrected chi connectivity index (χ1v) is 8.41. The van der Waals surface area contributed by atoms with Crippen molar-refractivity contribution in [3.05, 3.63) is 59.7 Å². The van der Waals surface area contributed by atoms with Gasteiger partial charge < -0.3 is 4.18 Å². The Morgan fingerprint density at radius 1 is 1.18 bits per heavy atom. The molecule has 2 aromatic carbocycles. The van der Waals surface area contributed by atoms with Crippen molar-refractivity contribution < 1.29 is 12.6 Å². The summed E-state index contributed by atoms with van der Waals surface area (Å²) in [6, 6.07) is 14.7. The molecule has 0 radical (unpaired) electrons. The van der Waals surface area contributed by atoms with Gasteiger partial charge in [0.05, 0.1) is 11.6 Å². The summed E-state index contributed by atoms with van der Waals surface area (Å²) in [5.74, 6) is 0.674. The van der Waals surface area contributed by atoms with Gasteiger partial charge in [-0.1, -0.05) is 32.0 Å². The molecule has 0 bridgehead atoms. The quantitative estimate of drug-likeness (QED) is 0.786. The summed E-state index contributed by atoms with van der Waals surface area (Å²) >= 11 is 0. The predicted octanol–water partition coefficient (Wildman–Crippen LogP) is 3.84. The minimum Gasteiger partial charge on any atom is -0.379 e. The maximum absolute atomic E-state index is 12.2. The van der Waals surface area contributed by atoms with Crippen molar-refractivity contribution >= 4 is 10.1 Å². The van der Waals surface area contributed by atoms with E-state index in [-0.39, 0.29) is 16.2 Å². The lowest BCUT2D eigenvalue weighted by atomic mass is 9.99. The zero-order valence-corrected chi connectivity index (χ0v) is 13.3. The highest BCUT2D eigenvalue weighted by molar-refractivity contribution is 7.87. The van der Waals surface area contributed by atoms with Crippen LogP contribution in [-0.2, 0) is 10.1 Å². The van der Waals surface area contributed by atoms with Crippen LogP contribution in [0.2, 0.25) is 0 Å². The molecule has 5 heteroatoms. The molecule has 114 valence electrons. The first kappa shape index (κ1) is 16.1. The van der Waals surface area contributed by atoms with Gasteiger partial charge in [0.1, 0.15) is 10.6 Å². The molecule has 0 aliphatic carbocycles. The van der Waals surface area contributed by atoms with Gasteiger partial charge in [-0.25, -0.2) is 0 Å². The standard InChI is InChI=1S/C17H17NO3S/c1-3-13(2)15-7-9-16(10-8-15)21-22(19,20)17-6-4-5-14(11-17)12-18/h4-11,13H,3H2,1-2H3. The summed E-state index contributed by atoms with van der Waals surface area (Å²) in [7, 11) is -3.94. The van der Waals surface area contributed by atoms with E-state index in [0.717, 1.165) is 12.0 Å². The van der Waals surface area contributed by atoms with E-state index < -0.39 is 10.1 Å². The fourth-order valence-electron chi connectivity index (χ4n) is 1.98. The second kappa shape index (κ2) is 6.63. The average Bonchev–Trinajstić information content (AvgIpc) is 2.54. The van der Waals surface area contributed by atoms with Gasteiger partial charge in [-0.05, 0) is 48.2 Å². The maximum atomic E-state index is 12.2. The highest BCUT2D eigenvalue weighted by Gasteiger charge is 2.17. The van der Waals surface area contributed by atoms with Gasteiger partial charge in [0, 0.05) is 0 Å². The Morgan fingerprint density at radius 2 is 1.86 bits per heavy atom. The molecule has 0 fully saturated rings. The topological polar surface area (TPSA) is 67.2 Å². The Hall–Kier alpha value is -2.32. The largest absolute Gasteiger partial charge is 0.379 e. The van der Waals surface area contributed by atoms with Gasteiger partial charge in [0.2, 0.25) is 0 Å². The highest BCUT2D eigenvalue weighted by Crippen LogP contribution is 2.24. The van der Waals surface area contributed by atoms with Crippen LogP contribution in [0, 0.1) is 11.3 Å². The fraction of sp³-hybridized carbons (Fsp3) is 0.235. The van der Waals surface area contributed by atoms with Gasteiger partial charge in [0.25, 0.3) is 0 Å². The molecule has 0 saturated carbocycles. The highest BCUT2D eigenvalue weighted by atomic mass is 32.2. The lowest BCUT2D eigenvalue weighted by Crippen LogP contribution is -2.10. The fourth-order valence-corrected chi connectivity index (χ4v) is 2.96. The zero-order chi connectivity index (χ0) is 16.2. The van der Waals surface area contributed by atoms with Gasteiger partial charge in [0.15, 0.2) is 0 Å². The van der Waals surface area contributed by atoms with E-state index in [0.29, 0.717) is 5.92 Å². The van der Waals surface area contributed by atoms with Crippen LogP contribution in [-0.4, -0.2) is 8.42 Å². The maximum Gasteiger partial charge on any atom is 0.339 e. The van der Waals surface area contributed by atoms with Crippen molar-refractivity contribution in [2.45, 2.75) is 31.1 Å². The Morgan fingerprint density at radius 3 is 2.45 bits per heavy atom. The molecule has 0 spiro atoms. The van der Waals surface area contributed by atoms with E-state index in [1.165, 1.54) is 18.2 Å². The van der Waals surface area contributed by atoms with Crippen LogP contribution in [0.5, 0.6) is 5.75 Å². The van der Waals surface area contributed by atoms with E-state index in [1.807, 2.05) is 18.2 Å². The van der Waals surface area contributed by atoms with Crippen molar-refractivity contribution in [1.82, 2.24) is 0 Å². The van der Waals surface area contributed by atoms with Crippen molar-refractivity contribution in [1.29, 1.82) is 5.26 Å². The van der Waals surface area contributed by atoms with Crippen molar-refractivity contribution in [3.63, 3.8) is 0 Å². The number of nitriles is 1. The van der Waals surface area contributed by atoms with Gasteiger partial charge in [-0.2, -0.15) is 13.7 Å². The van der Waals surface area contributed by atoms with Crippen molar-refractivity contribution in [2.75, 3.05) is 0 Å². The summed E-state index contributed by atoms with van der Waals surface area (Å²) in [5, 5.41) is 8.84. The first-order chi connectivity index (χ1) is 10.5. The number of hydrogen-bond donors (Lipinski definition) is 0. The van der Waals surface area contributed by atoms with E-state index in [1.54, 1.807) is 18.2 Å². The van der Waals surface area contributed by atoms with Crippen LogP contribution in [0.25, 0.3) is 0 Å². The molecular weight excluding hydrogens is 298 g/mol. The summed E-state index contributed by atoms with van der Waals surface area (Å²) < 4.78 is 29.5. The van der Waals surface area contributed by atoms with Gasteiger partial charge in [-0.3, -0.25) is 0 Å². The normalized spacial score (nSPS) is 12.4. The molecule has 0 amide bonds. The van der Waals surface area contributed by atoms with Gasteiger partial charge >= 0.3 is 10.1 Å². The number of rotatable bonds is 5. The molecule has 2 aromatic rings. The summed E-state index contributed by atoms with van der Waals surface area (Å²) in [6.45, 7) is 4.21. The molecular formula is C17H17NO3S. The average molecular weight is 315 g/mol. The van der Waals surface area contributed by atoms with Crippen LogP contribution in [0.15, 0.2) is 53.4 Å². The van der Waals surface area contributed by atoms with Crippen LogP contribution >= 0.6 is 0 Å². The Labute approximate surface area is 131 Å². The Kier molecular flexibility index (Phi) is 4.84. The molecule has 22 heavy (non-hydrogen) atoms. The molecule has 0 aliphatic heterocycles. The molecule has 1 atom stereocenters. The molecule has 0 heterocycles. The lowest BCUT2D eigenvalue weighted by molar-refractivity contribution is 0.486. The summed E-state index contributed by atoms with van der Waals surface area (Å²) in [4.78, 5) is -0.0300.